The summed E-state index contributed by atoms with van der Waals surface area (Å²) in [5.74, 6) is 0.279. The number of aromatic nitrogens is 4. The first-order valence-electron chi connectivity index (χ1n) is 9.52. The Hall–Kier alpha value is -3.13. The lowest BCUT2D eigenvalue weighted by molar-refractivity contribution is 0.0311. The zero-order chi connectivity index (χ0) is 20.1. The van der Waals surface area contributed by atoms with Crippen LogP contribution in [0.25, 0.3) is 11.3 Å². The van der Waals surface area contributed by atoms with Crippen molar-refractivity contribution >= 4 is 5.95 Å². The summed E-state index contributed by atoms with van der Waals surface area (Å²) < 4.78 is 25.1. The van der Waals surface area contributed by atoms with Gasteiger partial charge in [-0.1, -0.05) is 6.07 Å². The van der Waals surface area contributed by atoms with Gasteiger partial charge in [0, 0.05) is 31.0 Å². The number of benzene rings is 1. The van der Waals surface area contributed by atoms with Crippen molar-refractivity contribution in [1.82, 2.24) is 20.2 Å². The average molecular weight is 395 g/mol. The number of hydrogen-bond acceptors (Lipinski definition) is 7. The normalized spacial score (nSPS) is 16.6. The van der Waals surface area contributed by atoms with E-state index in [4.69, 9.17) is 9.47 Å². The highest BCUT2D eigenvalue weighted by Crippen LogP contribution is 2.25. The Kier molecular flexibility index (Phi) is 5.90. The van der Waals surface area contributed by atoms with Crippen LogP contribution in [0.2, 0.25) is 0 Å². The van der Waals surface area contributed by atoms with E-state index in [1.807, 2.05) is 18.3 Å². The molecule has 1 fully saturated rings. The number of piperidine rings is 1. The predicted molar refractivity (Wildman–Crippen MR) is 106 cm³/mol. The van der Waals surface area contributed by atoms with Gasteiger partial charge in [0.1, 0.15) is 0 Å². The largest absolute Gasteiger partial charge is 0.494 e. The average Bonchev–Trinajstić information content (AvgIpc) is 2.78. The minimum atomic E-state index is -0.438. The molecule has 2 aromatic heterocycles. The molecule has 0 aliphatic carbocycles. The number of nitrogens with zero attached hydrogens (tertiary/aromatic N) is 5. The van der Waals surface area contributed by atoms with E-state index in [0.29, 0.717) is 30.4 Å². The van der Waals surface area contributed by atoms with Crippen molar-refractivity contribution in [1.29, 1.82) is 0 Å². The Morgan fingerprint density at radius 2 is 2.17 bits per heavy atom. The molecule has 0 amide bonds. The maximum absolute atomic E-state index is 14.0. The van der Waals surface area contributed by atoms with Gasteiger partial charge < -0.3 is 14.4 Å². The second kappa shape index (κ2) is 8.91. The second-order valence-electron chi connectivity index (χ2n) is 6.87. The predicted octanol–water partition coefficient (Wildman–Crippen LogP) is 3.27. The lowest BCUT2D eigenvalue weighted by Crippen LogP contribution is -2.40. The minimum absolute atomic E-state index is 0.0784. The summed E-state index contributed by atoms with van der Waals surface area (Å²) in [5, 5.41) is 8.25. The Morgan fingerprint density at radius 3 is 2.97 bits per heavy atom. The summed E-state index contributed by atoms with van der Waals surface area (Å²) in [5.41, 5.74) is 2.24. The molecule has 0 spiro atoms. The van der Waals surface area contributed by atoms with E-state index < -0.39 is 5.82 Å². The van der Waals surface area contributed by atoms with Crippen LogP contribution in [0.5, 0.6) is 5.75 Å². The van der Waals surface area contributed by atoms with E-state index in [0.717, 1.165) is 24.9 Å². The second-order valence-corrected chi connectivity index (χ2v) is 6.87. The SMILES string of the molecule is COc1ccc(-c2cnnc(N3CCCC(OCc4cccnc4)C3)n2)cc1F. The van der Waals surface area contributed by atoms with E-state index >= 15 is 0 Å². The molecule has 0 saturated carbocycles. The summed E-state index contributed by atoms with van der Waals surface area (Å²) in [4.78, 5) is 10.8. The van der Waals surface area contributed by atoms with Crippen molar-refractivity contribution in [2.75, 3.05) is 25.1 Å². The first-order chi connectivity index (χ1) is 14.2. The topological polar surface area (TPSA) is 73.3 Å². The molecule has 29 heavy (non-hydrogen) atoms. The highest BCUT2D eigenvalue weighted by molar-refractivity contribution is 5.60. The number of anilines is 1. The summed E-state index contributed by atoms with van der Waals surface area (Å²) in [7, 11) is 1.44. The molecular weight excluding hydrogens is 373 g/mol. The molecule has 1 saturated heterocycles. The molecule has 0 radical (unpaired) electrons. The fraction of sp³-hybridized carbons (Fsp3) is 0.333. The monoisotopic (exact) mass is 395 g/mol. The highest BCUT2D eigenvalue weighted by atomic mass is 19.1. The molecule has 0 bridgehead atoms. The summed E-state index contributed by atoms with van der Waals surface area (Å²) in [6.07, 6.45) is 7.12. The van der Waals surface area contributed by atoms with Gasteiger partial charge in [-0.15, -0.1) is 5.10 Å². The van der Waals surface area contributed by atoms with E-state index in [9.17, 15) is 4.39 Å². The molecular formula is C21H22FN5O2. The fourth-order valence-corrected chi connectivity index (χ4v) is 3.35. The molecule has 1 atom stereocenters. The van der Waals surface area contributed by atoms with E-state index in [1.165, 1.54) is 19.4 Å². The van der Waals surface area contributed by atoms with Crippen molar-refractivity contribution < 1.29 is 13.9 Å². The Morgan fingerprint density at radius 1 is 1.24 bits per heavy atom. The molecule has 3 heterocycles. The van der Waals surface area contributed by atoms with Crippen LogP contribution in [0.15, 0.2) is 48.9 Å². The van der Waals surface area contributed by atoms with Crippen LogP contribution in [-0.4, -0.2) is 46.5 Å². The van der Waals surface area contributed by atoms with Gasteiger partial charge in [-0.05, 0) is 42.7 Å². The molecule has 8 heteroatoms. The third-order valence-electron chi connectivity index (χ3n) is 4.86. The van der Waals surface area contributed by atoms with Gasteiger partial charge in [-0.2, -0.15) is 5.10 Å². The number of methoxy groups -OCH3 is 1. The standard InChI is InChI=1S/C21H22FN5O2/c1-28-20-7-6-16(10-18(20)22)19-12-24-26-21(25-19)27-9-3-5-17(13-27)29-14-15-4-2-8-23-11-15/h2,4,6-8,10-12,17H,3,5,9,13-14H2,1H3. The maximum atomic E-state index is 14.0. The molecule has 3 aromatic rings. The van der Waals surface area contributed by atoms with Crippen LogP contribution >= 0.6 is 0 Å². The lowest BCUT2D eigenvalue weighted by atomic mass is 10.1. The van der Waals surface area contributed by atoms with Gasteiger partial charge in [0.05, 0.1) is 31.7 Å². The van der Waals surface area contributed by atoms with Gasteiger partial charge in [0.15, 0.2) is 11.6 Å². The zero-order valence-electron chi connectivity index (χ0n) is 16.2. The van der Waals surface area contributed by atoms with Crippen molar-refractivity contribution in [3.8, 4) is 17.0 Å². The maximum Gasteiger partial charge on any atom is 0.245 e. The van der Waals surface area contributed by atoms with Gasteiger partial charge in [-0.25, -0.2) is 9.37 Å². The molecule has 1 aliphatic rings. The number of pyridine rings is 1. The number of hydrogen-bond donors (Lipinski definition) is 0. The van der Waals surface area contributed by atoms with Crippen molar-refractivity contribution in [2.24, 2.45) is 0 Å². The molecule has 0 N–H and O–H groups in total. The van der Waals surface area contributed by atoms with E-state index in [-0.39, 0.29) is 11.9 Å². The Bertz CT molecular complexity index is 957. The quantitative estimate of drug-likeness (QED) is 0.634. The first kappa shape index (κ1) is 19.2. The van der Waals surface area contributed by atoms with Crippen LogP contribution in [0.4, 0.5) is 10.3 Å². The third kappa shape index (κ3) is 4.65. The van der Waals surface area contributed by atoms with Gasteiger partial charge in [-0.3, -0.25) is 4.98 Å². The van der Waals surface area contributed by atoms with Crippen LogP contribution in [0.3, 0.4) is 0 Å². The fourth-order valence-electron chi connectivity index (χ4n) is 3.35. The zero-order valence-corrected chi connectivity index (χ0v) is 16.2. The van der Waals surface area contributed by atoms with Gasteiger partial charge >= 0.3 is 0 Å². The van der Waals surface area contributed by atoms with Crippen LogP contribution < -0.4 is 9.64 Å². The van der Waals surface area contributed by atoms with Crippen LogP contribution in [0.1, 0.15) is 18.4 Å². The molecule has 1 aromatic carbocycles. The Balaban J connectivity index is 1.45. The van der Waals surface area contributed by atoms with E-state index in [1.54, 1.807) is 18.3 Å². The number of ether oxygens (including phenoxy) is 2. The first-order valence-corrected chi connectivity index (χ1v) is 9.52. The smallest absolute Gasteiger partial charge is 0.245 e. The molecule has 150 valence electrons. The molecule has 1 aliphatic heterocycles. The van der Waals surface area contributed by atoms with Crippen molar-refractivity contribution in [2.45, 2.75) is 25.6 Å². The Labute approximate surface area is 168 Å². The minimum Gasteiger partial charge on any atom is -0.494 e. The summed E-state index contributed by atoms with van der Waals surface area (Å²) in [6, 6.07) is 8.63. The van der Waals surface area contributed by atoms with Crippen molar-refractivity contribution in [3.63, 3.8) is 0 Å². The molecule has 7 nitrogen and oxygen atoms in total. The van der Waals surface area contributed by atoms with E-state index in [2.05, 4.69) is 25.1 Å². The number of rotatable bonds is 6. The van der Waals surface area contributed by atoms with Gasteiger partial charge in [0.25, 0.3) is 0 Å². The summed E-state index contributed by atoms with van der Waals surface area (Å²) in [6.45, 7) is 2.04. The summed E-state index contributed by atoms with van der Waals surface area (Å²) >= 11 is 0. The number of halogens is 1. The highest BCUT2D eigenvalue weighted by Gasteiger charge is 2.23. The van der Waals surface area contributed by atoms with Crippen molar-refractivity contribution in [3.05, 3.63) is 60.3 Å². The van der Waals surface area contributed by atoms with Crippen LogP contribution in [-0.2, 0) is 11.3 Å². The third-order valence-corrected chi connectivity index (χ3v) is 4.86. The molecule has 1 unspecified atom stereocenters. The lowest BCUT2D eigenvalue weighted by Gasteiger charge is -2.32. The van der Waals surface area contributed by atoms with Crippen LogP contribution in [0, 0.1) is 5.82 Å². The van der Waals surface area contributed by atoms with Gasteiger partial charge in [0.2, 0.25) is 5.95 Å². The molecule has 4 rings (SSSR count).